The van der Waals surface area contributed by atoms with Crippen molar-refractivity contribution in [3.63, 3.8) is 0 Å². The molecule has 0 heterocycles. The summed E-state index contributed by atoms with van der Waals surface area (Å²) in [5.41, 5.74) is 6.84. The Balaban J connectivity index is 0.00000220. The molecule has 1 aromatic rings. The Kier molecular flexibility index (Phi) is 6.78. The summed E-state index contributed by atoms with van der Waals surface area (Å²) in [7, 11) is 3.22. The van der Waals surface area contributed by atoms with Crippen LogP contribution in [0.2, 0.25) is 0 Å². The fraction of sp³-hybridized carbons (Fsp3) is 0.533. The lowest BCUT2D eigenvalue weighted by Gasteiger charge is -2.16. The first-order valence-corrected chi connectivity index (χ1v) is 6.90. The van der Waals surface area contributed by atoms with Crippen LogP contribution in [0.25, 0.3) is 0 Å². The number of methoxy groups -OCH3 is 2. The molecule has 2 rings (SSSR count). The molecule has 0 bridgehead atoms. The Morgan fingerprint density at radius 2 is 2.10 bits per heavy atom. The monoisotopic (exact) mass is 314 g/mol. The highest BCUT2D eigenvalue weighted by Gasteiger charge is 2.30. The molecule has 3 N–H and O–H groups in total. The van der Waals surface area contributed by atoms with Crippen LogP contribution in [0.1, 0.15) is 24.8 Å². The number of amides is 1. The van der Waals surface area contributed by atoms with E-state index in [1.807, 2.05) is 18.2 Å². The molecule has 1 amide bonds. The molecule has 1 aliphatic rings. The number of benzene rings is 1. The van der Waals surface area contributed by atoms with E-state index in [2.05, 4.69) is 5.32 Å². The van der Waals surface area contributed by atoms with Gasteiger partial charge in [-0.05, 0) is 31.0 Å². The molecule has 21 heavy (non-hydrogen) atoms. The standard InChI is InChI=1S/C15H22N2O3.ClH/c1-19-11-6-7-14(20-2)10(8-11)9-17-15(18)12-4-3-5-13(12)16;/h6-8,12-13H,3-5,9,16H2,1-2H3,(H,17,18);1H. The quantitative estimate of drug-likeness (QED) is 0.870. The Labute approximate surface area is 131 Å². The van der Waals surface area contributed by atoms with Gasteiger partial charge in [0.1, 0.15) is 11.5 Å². The van der Waals surface area contributed by atoms with Gasteiger partial charge in [0, 0.05) is 18.2 Å². The summed E-state index contributed by atoms with van der Waals surface area (Å²) in [5, 5.41) is 2.94. The largest absolute Gasteiger partial charge is 0.497 e. The number of ether oxygens (including phenoxy) is 2. The van der Waals surface area contributed by atoms with Gasteiger partial charge < -0.3 is 20.5 Å². The molecule has 1 saturated carbocycles. The summed E-state index contributed by atoms with van der Waals surface area (Å²) in [4.78, 5) is 12.1. The fourth-order valence-electron chi connectivity index (χ4n) is 2.65. The van der Waals surface area contributed by atoms with Crippen molar-refractivity contribution < 1.29 is 14.3 Å². The van der Waals surface area contributed by atoms with Gasteiger partial charge >= 0.3 is 0 Å². The third kappa shape index (κ3) is 4.25. The SMILES string of the molecule is COc1ccc(OC)c(CNC(=O)C2CCCC2N)c1.Cl. The van der Waals surface area contributed by atoms with E-state index in [-0.39, 0.29) is 30.3 Å². The molecule has 0 aliphatic heterocycles. The van der Waals surface area contributed by atoms with Gasteiger partial charge in [0.2, 0.25) is 5.91 Å². The third-order valence-electron chi connectivity index (χ3n) is 3.85. The van der Waals surface area contributed by atoms with Crippen molar-refractivity contribution in [2.75, 3.05) is 14.2 Å². The summed E-state index contributed by atoms with van der Waals surface area (Å²) in [5.74, 6) is 1.45. The van der Waals surface area contributed by atoms with Gasteiger partial charge in [-0.25, -0.2) is 0 Å². The van der Waals surface area contributed by atoms with Crippen molar-refractivity contribution in [3.05, 3.63) is 23.8 Å². The van der Waals surface area contributed by atoms with Gasteiger partial charge in [-0.3, -0.25) is 4.79 Å². The van der Waals surface area contributed by atoms with Crippen LogP contribution in [0.3, 0.4) is 0 Å². The van der Waals surface area contributed by atoms with Gasteiger partial charge in [0.15, 0.2) is 0 Å². The predicted molar refractivity (Wildman–Crippen MR) is 84.0 cm³/mol. The number of rotatable bonds is 5. The zero-order chi connectivity index (χ0) is 14.5. The van der Waals surface area contributed by atoms with Gasteiger partial charge in [-0.1, -0.05) is 6.42 Å². The van der Waals surface area contributed by atoms with Crippen LogP contribution >= 0.6 is 12.4 Å². The lowest BCUT2D eigenvalue weighted by molar-refractivity contribution is -0.125. The van der Waals surface area contributed by atoms with Crippen LogP contribution in [0, 0.1) is 5.92 Å². The maximum atomic E-state index is 12.1. The molecule has 118 valence electrons. The van der Waals surface area contributed by atoms with E-state index >= 15 is 0 Å². The summed E-state index contributed by atoms with van der Waals surface area (Å²) in [6.07, 6.45) is 2.84. The van der Waals surface area contributed by atoms with E-state index in [9.17, 15) is 4.79 Å². The molecule has 0 saturated heterocycles. The first kappa shape index (κ1) is 17.6. The third-order valence-corrected chi connectivity index (χ3v) is 3.85. The lowest BCUT2D eigenvalue weighted by atomic mass is 10.0. The normalized spacial score (nSPS) is 20.5. The molecule has 1 aromatic carbocycles. The first-order chi connectivity index (χ1) is 9.65. The molecule has 2 unspecified atom stereocenters. The van der Waals surface area contributed by atoms with Crippen molar-refractivity contribution >= 4 is 18.3 Å². The van der Waals surface area contributed by atoms with E-state index < -0.39 is 0 Å². The maximum Gasteiger partial charge on any atom is 0.224 e. The molecular formula is C15H23ClN2O3. The minimum Gasteiger partial charge on any atom is -0.497 e. The molecular weight excluding hydrogens is 292 g/mol. The zero-order valence-electron chi connectivity index (χ0n) is 12.4. The van der Waals surface area contributed by atoms with Crippen LogP contribution < -0.4 is 20.5 Å². The number of nitrogens with two attached hydrogens (primary N) is 1. The van der Waals surface area contributed by atoms with E-state index in [4.69, 9.17) is 15.2 Å². The van der Waals surface area contributed by atoms with Crippen molar-refractivity contribution in [2.24, 2.45) is 11.7 Å². The molecule has 2 atom stereocenters. The predicted octanol–water partition coefficient (Wildman–Crippen LogP) is 1.87. The number of hydrogen-bond donors (Lipinski definition) is 2. The highest BCUT2D eigenvalue weighted by molar-refractivity contribution is 5.85. The number of carbonyl (C=O) groups is 1. The topological polar surface area (TPSA) is 73.6 Å². The van der Waals surface area contributed by atoms with Crippen molar-refractivity contribution in [1.82, 2.24) is 5.32 Å². The van der Waals surface area contributed by atoms with Gasteiger partial charge in [-0.2, -0.15) is 0 Å². The summed E-state index contributed by atoms with van der Waals surface area (Å²) < 4.78 is 10.5. The Morgan fingerprint density at radius 1 is 1.33 bits per heavy atom. The van der Waals surface area contributed by atoms with Crippen LogP contribution in [-0.4, -0.2) is 26.2 Å². The van der Waals surface area contributed by atoms with E-state index in [1.54, 1.807) is 14.2 Å². The first-order valence-electron chi connectivity index (χ1n) is 6.90. The number of nitrogens with one attached hydrogen (secondary N) is 1. The van der Waals surface area contributed by atoms with Gasteiger partial charge in [-0.15, -0.1) is 12.4 Å². The number of halogens is 1. The molecule has 0 spiro atoms. The molecule has 6 heteroatoms. The van der Waals surface area contributed by atoms with Crippen molar-refractivity contribution in [2.45, 2.75) is 31.8 Å². The van der Waals surface area contributed by atoms with Crippen LogP contribution in [0.15, 0.2) is 18.2 Å². The van der Waals surface area contributed by atoms with E-state index in [0.717, 1.165) is 36.3 Å². The zero-order valence-corrected chi connectivity index (χ0v) is 13.2. The number of hydrogen-bond acceptors (Lipinski definition) is 4. The van der Waals surface area contributed by atoms with Crippen LogP contribution in [0.4, 0.5) is 0 Å². The molecule has 1 aliphatic carbocycles. The second kappa shape index (κ2) is 8.10. The number of carbonyl (C=O) groups excluding carboxylic acids is 1. The van der Waals surface area contributed by atoms with E-state index in [0.29, 0.717) is 6.54 Å². The second-order valence-corrected chi connectivity index (χ2v) is 5.10. The highest BCUT2D eigenvalue weighted by atomic mass is 35.5. The fourth-order valence-corrected chi connectivity index (χ4v) is 2.65. The van der Waals surface area contributed by atoms with E-state index in [1.165, 1.54) is 0 Å². The smallest absolute Gasteiger partial charge is 0.224 e. The minimum absolute atomic E-state index is 0. The molecule has 0 radical (unpaired) electrons. The molecule has 1 fully saturated rings. The summed E-state index contributed by atoms with van der Waals surface area (Å²) in [6.45, 7) is 0.419. The Morgan fingerprint density at radius 3 is 2.67 bits per heavy atom. The van der Waals surface area contributed by atoms with Crippen LogP contribution in [0.5, 0.6) is 11.5 Å². The Bertz CT molecular complexity index is 482. The average molecular weight is 315 g/mol. The Hall–Kier alpha value is -1.46. The second-order valence-electron chi connectivity index (χ2n) is 5.10. The summed E-state index contributed by atoms with van der Waals surface area (Å²) >= 11 is 0. The van der Waals surface area contributed by atoms with Crippen molar-refractivity contribution in [1.29, 1.82) is 0 Å². The van der Waals surface area contributed by atoms with Crippen LogP contribution in [-0.2, 0) is 11.3 Å². The maximum absolute atomic E-state index is 12.1. The summed E-state index contributed by atoms with van der Waals surface area (Å²) in [6, 6.07) is 5.52. The molecule has 5 nitrogen and oxygen atoms in total. The highest BCUT2D eigenvalue weighted by Crippen LogP contribution is 2.26. The van der Waals surface area contributed by atoms with Crippen molar-refractivity contribution in [3.8, 4) is 11.5 Å². The minimum atomic E-state index is -0.0633. The molecule has 0 aromatic heterocycles. The van der Waals surface area contributed by atoms with Gasteiger partial charge in [0.05, 0.1) is 20.1 Å². The average Bonchev–Trinajstić information content (AvgIpc) is 2.90. The van der Waals surface area contributed by atoms with Gasteiger partial charge in [0.25, 0.3) is 0 Å². The lowest BCUT2D eigenvalue weighted by Crippen LogP contribution is -2.38.